The molecule has 3 aromatic rings. The van der Waals surface area contributed by atoms with Crippen LogP contribution in [0, 0.1) is 6.92 Å². The van der Waals surface area contributed by atoms with Gasteiger partial charge >= 0.3 is 0 Å². The first-order valence-corrected chi connectivity index (χ1v) is 9.54. The largest absolute Gasteiger partial charge is 0.312 e. The fraction of sp³-hybridized carbons (Fsp3) is 0.250. The molecule has 2 aromatic carbocycles. The van der Waals surface area contributed by atoms with Crippen LogP contribution in [0.25, 0.3) is 11.4 Å². The second-order valence-electron chi connectivity index (χ2n) is 5.94. The first-order chi connectivity index (χ1) is 12.6. The number of anilines is 1. The number of nitrogens with zero attached hydrogens (tertiary/aromatic N) is 4. The topological polar surface area (TPSA) is 51.0 Å². The molecule has 0 unspecified atom stereocenters. The maximum absolute atomic E-state index is 12.6. The summed E-state index contributed by atoms with van der Waals surface area (Å²) < 4.78 is 1.94. The highest BCUT2D eigenvalue weighted by molar-refractivity contribution is 7.99. The molecule has 0 atom stereocenters. The maximum atomic E-state index is 12.6. The highest BCUT2D eigenvalue weighted by Crippen LogP contribution is 2.25. The number of carbonyl (C=O) groups excluding carboxylic acids is 1. The van der Waals surface area contributed by atoms with E-state index in [-0.39, 0.29) is 5.91 Å². The van der Waals surface area contributed by atoms with Gasteiger partial charge in [0, 0.05) is 24.8 Å². The van der Waals surface area contributed by atoms with Gasteiger partial charge in [0.15, 0.2) is 11.0 Å². The summed E-state index contributed by atoms with van der Waals surface area (Å²) in [6.07, 6.45) is 0. The Morgan fingerprint density at radius 1 is 1.08 bits per heavy atom. The highest BCUT2D eigenvalue weighted by atomic mass is 32.2. The van der Waals surface area contributed by atoms with Crippen LogP contribution < -0.4 is 4.90 Å². The van der Waals surface area contributed by atoms with E-state index in [4.69, 9.17) is 0 Å². The Hall–Kier alpha value is -2.60. The number of para-hydroxylation sites is 1. The second-order valence-corrected chi connectivity index (χ2v) is 6.88. The zero-order valence-electron chi connectivity index (χ0n) is 15.2. The lowest BCUT2D eigenvalue weighted by Crippen LogP contribution is -2.32. The third-order valence-electron chi connectivity index (χ3n) is 4.23. The number of aryl methyl sites for hydroxylation is 1. The van der Waals surface area contributed by atoms with Crippen molar-refractivity contribution in [2.45, 2.75) is 19.0 Å². The zero-order chi connectivity index (χ0) is 18.5. The summed E-state index contributed by atoms with van der Waals surface area (Å²) in [6.45, 7) is 4.67. The van der Waals surface area contributed by atoms with Gasteiger partial charge in [0.2, 0.25) is 5.91 Å². The van der Waals surface area contributed by atoms with Crippen LogP contribution >= 0.6 is 11.8 Å². The molecular formula is C20H22N4OS. The van der Waals surface area contributed by atoms with Crippen molar-refractivity contribution >= 4 is 23.4 Å². The number of hydrogen-bond acceptors (Lipinski definition) is 4. The Bertz CT molecular complexity index is 892. The van der Waals surface area contributed by atoms with Gasteiger partial charge in [-0.1, -0.05) is 54.2 Å². The number of carbonyl (C=O) groups is 1. The summed E-state index contributed by atoms with van der Waals surface area (Å²) in [5.74, 6) is 1.19. The van der Waals surface area contributed by atoms with Crippen LogP contribution in [0.3, 0.4) is 0 Å². The monoisotopic (exact) mass is 366 g/mol. The lowest BCUT2D eigenvalue weighted by Gasteiger charge is -2.20. The molecule has 134 valence electrons. The number of hydrogen-bond donors (Lipinski definition) is 0. The van der Waals surface area contributed by atoms with Gasteiger partial charge in [0.1, 0.15) is 0 Å². The standard InChI is InChI=1S/C20H22N4OS/c1-4-24(16-11-6-5-7-12-16)18(25)14-26-20-22-21-19(23(20)3)17-13-9-8-10-15(17)2/h5-13H,4,14H2,1-3H3. The third kappa shape index (κ3) is 3.80. The van der Waals surface area contributed by atoms with E-state index in [1.807, 2.05) is 67.1 Å². The SMILES string of the molecule is CCN(C(=O)CSc1nnc(-c2ccccc2C)n1C)c1ccccc1. The van der Waals surface area contributed by atoms with Crippen LogP contribution in [0.2, 0.25) is 0 Å². The molecule has 0 aliphatic carbocycles. The molecule has 1 aromatic heterocycles. The summed E-state index contributed by atoms with van der Waals surface area (Å²) >= 11 is 1.41. The van der Waals surface area contributed by atoms with Gasteiger partial charge in [-0.3, -0.25) is 4.79 Å². The zero-order valence-corrected chi connectivity index (χ0v) is 16.0. The predicted octanol–water partition coefficient (Wildman–Crippen LogP) is 3.94. The quantitative estimate of drug-likeness (QED) is 0.620. The molecular weight excluding hydrogens is 344 g/mol. The van der Waals surface area contributed by atoms with Crippen molar-refractivity contribution in [1.82, 2.24) is 14.8 Å². The molecule has 6 heteroatoms. The third-order valence-corrected chi connectivity index (χ3v) is 5.24. The molecule has 26 heavy (non-hydrogen) atoms. The second kappa shape index (κ2) is 8.19. The van der Waals surface area contributed by atoms with Crippen LogP contribution in [-0.4, -0.2) is 33.0 Å². The predicted molar refractivity (Wildman–Crippen MR) is 106 cm³/mol. The molecule has 1 amide bonds. The fourth-order valence-corrected chi connectivity index (χ4v) is 3.60. The van der Waals surface area contributed by atoms with E-state index in [9.17, 15) is 4.79 Å². The number of thioether (sulfide) groups is 1. The van der Waals surface area contributed by atoms with Crippen LogP contribution in [0.1, 0.15) is 12.5 Å². The molecule has 0 spiro atoms. The van der Waals surface area contributed by atoms with Gasteiger partial charge in [-0.05, 0) is 31.5 Å². The minimum Gasteiger partial charge on any atom is -0.312 e. The van der Waals surface area contributed by atoms with Gasteiger partial charge in [-0.15, -0.1) is 10.2 Å². The summed E-state index contributed by atoms with van der Waals surface area (Å²) in [5, 5.41) is 9.32. The first kappa shape index (κ1) is 18.2. The number of aromatic nitrogens is 3. The fourth-order valence-electron chi connectivity index (χ4n) is 2.81. The molecule has 0 aliphatic heterocycles. The number of benzene rings is 2. The average molecular weight is 366 g/mol. The Morgan fingerprint density at radius 3 is 2.46 bits per heavy atom. The van der Waals surface area contributed by atoms with Crippen molar-refractivity contribution in [2.75, 3.05) is 17.2 Å². The Balaban J connectivity index is 1.72. The lowest BCUT2D eigenvalue weighted by molar-refractivity contribution is -0.116. The minimum atomic E-state index is 0.0594. The summed E-state index contributed by atoms with van der Waals surface area (Å²) in [5.41, 5.74) is 3.12. The lowest BCUT2D eigenvalue weighted by atomic mass is 10.1. The molecule has 0 bridgehead atoms. The van der Waals surface area contributed by atoms with Crippen molar-refractivity contribution in [2.24, 2.45) is 7.05 Å². The van der Waals surface area contributed by atoms with Crippen molar-refractivity contribution in [1.29, 1.82) is 0 Å². The van der Waals surface area contributed by atoms with Crippen LogP contribution in [-0.2, 0) is 11.8 Å². The number of amides is 1. The summed E-state index contributed by atoms with van der Waals surface area (Å²) in [4.78, 5) is 14.4. The van der Waals surface area contributed by atoms with E-state index >= 15 is 0 Å². The van der Waals surface area contributed by atoms with Crippen molar-refractivity contribution in [3.05, 3.63) is 60.2 Å². The molecule has 3 rings (SSSR count). The van der Waals surface area contributed by atoms with Crippen molar-refractivity contribution < 1.29 is 4.79 Å². The Kier molecular flexibility index (Phi) is 5.73. The first-order valence-electron chi connectivity index (χ1n) is 8.55. The normalized spacial score (nSPS) is 10.7. The van der Waals surface area contributed by atoms with Crippen molar-refractivity contribution in [3.8, 4) is 11.4 Å². The van der Waals surface area contributed by atoms with Crippen LogP contribution in [0.4, 0.5) is 5.69 Å². The average Bonchev–Trinajstić information content (AvgIpc) is 3.02. The molecule has 0 saturated carbocycles. The van der Waals surface area contributed by atoms with Crippen molar-refractivity contribution in [3.63, 3.8) is 0 Å². The summed E-state index contributed by atoms with van der Waals surface area (Å²) in [6, 6.07) is 17.8. The number of rotatable bonds is 6. The van der Waals surface area contributed by atoms with E-state index in [1.54, 1.807) is 4.90 Å². The smallest absolute Gasteiger partial charge is 0.237 e. The molecule has 0 radical (unpaired) electrons. The van der Waals surface area contributed by atoms with Gasteiger partial charge in [-0.2, -0.15) is 0 Å². The van der Waals surface area contributed by atoms with Crippen LogP contribution in [0.5, 0.6) is 0 Å². The van der Waals surface area contributed by atoms with Gasteiger partial charge in [0.25, 0.3) is 0 Å². The molecule has 1 heterocycles. The van der Waals surface area contributed by atoms with E-state index in [0.717, 1.165) is 27.8 Å². The maximum Gasteiger partial charge on any atom is 0.237 e. The molecule has 0 aliphatic rings. The Morgan fingerprint density at radius 2 is 1.77 bits per heavy atom. The Labute approximate surface area is 158 Å². The van der Waals surface area contributed by atoms with E-state index in [0.29, 0.717) is 12.3 Å². The summed E-state index contributed by atoms with van der Waals surface area (Å²) in [7, 11) is 1.93. The van der Waals surface area contributed by atoms with E-state index < -0.39 is 0 Å². The molecule has 0 saturated heterocycles. The van der Waals surface area contributed by atoms with Gasteiger partial charge < -0.3 is 9.47 Å². The molecule has 0 N–H and O–H groups in total. The highest BCUT2D eigenvalue weighted by Gasteiger charge is 2.17. The van der Waals surface area contributed by atoms with Gasteiger partial charge in [-0.25, -0.2) is 0 Å². The van der Waals surface area contributed by atoms with Gasteiger partial charge in [0.05, 0.1) is 5.75 Å². The van der Waals surface area contributed by atoms with Crippen LogP contribution in [0.15, 0.2) is 59.8 Å². The minimum absolute atomic E-state index is 0.0594. The molecule has 5 nitrogen and oxygen atoms in total. The van der Waals surface area contributed by atoms with E-state index in [1.165, 1.54) is 11.8 Å². The molecule has 0 fully saturated rings. The van der Waals surface area contributed by atoms with E-state index in [2.05, 4.69) is 23.2 Å².